The van der Waals surface area contributed by atoms with Crippen LogP contribution in [0.3, 0.4) is 0 Å². The molecule has 1 aliphatic rings. The van der Waals surface area contributed by atoms with Crippen molar-refractivity contribution >= 4 is 41.0 Å². The van der Waals surface area contributed by atoms with Crippen molar-refractivity contribution in [1.82, 2.24) is 5.32 Å². The zero-order valence-electron chi connectivity index (χ0n) is 13.9. The number of carbonyl (C=O) groups excluding carboxylic acids is 3. The lowest BCUT2D eigenvalue weighted by molar-refractivity contribution is -0.143. The zero-order valence-corrected chi connectivity index (χ0v) is 14.7. The molecular weight excluding hydrogens is 362 g/mol. The van der Waals surface area contributed by atoms with Gasteiger partial charge in [0, 0.05) is 6.08 Å². The number of benzene rings is 1. The van der Waals surface area contributed by atoms with Crippen molar-refractivity contribution in [2.75, 3.05) is 20.8 Å². The van der Waals surface area contributed by atoms with Crippen molar-refractivity contribution in [3.05, 3.63) is 40.8 Å². The van der Waals surface area contributed by atoms with Gasteiger partial charge in [-0.15, -0.1) is 5.10 Å². The first-order valence-electron chi connectivity index (χ1n) is 7.21. The quantitative estimate of drug-likeness (QED) is 0.338. The van der Waals surface area contributed by atoms with Gasteiger partial charge in [-0.2, -0.15) is 5.10 Å². The van der Waals surface area contributed by atoms with E-state index in [0.29, 0.717) is 11.3 Å². The number of amides is 1. The predicted molar refractivity (Wildman–Crippen MR) is 94.8 cm³/mol. The number of carbonyl (C=O) groups is 3. The van der Waals surface area contributed by atoms with E-state index in [4.69, 9.17) is 4.74 Å². The van der Waals surface area contributed by atoms with Crippen LogP contribution >= 0.6 is 11.8 Å². The molecule has 2 rings (SSSR count). The van der Waals surface area contributed by atoms with Crippen LogP contribution in [0.15, 0.2) is 45.4 Å². The standard InChI is InChI=1S/C16H15N3O6S/c1-23-13(20)7-12-15(22)18-16(26-12)19-17-8-10-4-3-5-11(6-10)25-9-14(21)24-2/h3-8H,9H2,1-2H3,(H,18,19,22)/b12-7+,17-8?. The highest BCUT2D eigenvalue weighted by Crippen LogP contribution is 2.23. The summed E-state index contributed by atoms with van der Waals surface area (Å²) in [4.78, 5) is 34.1. The number of thioether (sulfide) groups is 1. The van der Waals surface area contributed by atoms with Crippen molar-refractivity contribution in [2.24, 2.45) is 10.2 Å². The van der Waals surface area contributed by atoms with Gasteiger partial charge >= 0.3 is 11.9 Å². The maximum atomic E-state index is 11.7. The normalized spacial score (nSPS) is 16.8. The van der Waals surface area contributed by atoms with Crippen molar-refractivity contribution in [3.8, 4) is 5.75 Å². The lowest BCUT2D eigenvalue weighted by Crippen LogP contribution is -2.19. The molecule has 0 bridgehead atoms. The molecule has 0 aromatic heterocycles. The Morgan fingerprint density at radius 1 is 1.27 bits per heavy atom. The Labute approximate surface area is 153 Å². The summed E-state index contributed by atoms with van der Waals surface area (Å²) in [6, 6.07) is 6.83. The summed E-state index contributed by atoms with van der Waals surface area (Å²) in [6.07, 6.45) is 2.53. The number of hydrogen-bond donors (Lipinski definition) is 1. The third kappa shape index (κ3) is 5.74. The Bertz CT molecular complexity index is 803. The van der Waals surface area contributed by atoms with Gasteiger partial charge in [0.2, 0.25) is 0 Å². The molecule has 1 aromatic rings. The molecule has 1 N–H and O–H groups in total. The summed E-state index contributed by atoms with van der Waals surface area (Å²) >= 11 is 0.974. The summed E-state index contributed by atoms with van der Waals surface area (Å²) < 4.78 is 14.2. The summed E-state index contributed by atoms with van der Waals surface area (Å²) in [5.41, 5.74) is 0.677. The molecule has 136 valence electrons. The zero-order chi connectivity index (χ0) is 18.9. The molecule has 1 aromatic carbocycles. The van der Waals surface area contributed by atoms with Crippen LogP contribution in [0.4, 0.5) is 0 Å². The van der Waals surface area contributed by atoms with E-state index in [2.05, 4.69) is 25.0 Å². The average molecular weight is 377 g/mol. The first-order valence-corrected chi connectivity index (χ1v) is 8.03. The fraction of sp³-hybridized carbons (Fsp3) is 0.188. The molecule has 1 aliphatic heterocycles. The third-order valence-electron chi connectivity index (χ3n) is 2.90. The summed E-state index contributed by atoms with van der Waals surface area (Å²) in [5, 5.41) is 10.5. The molecule has 1 saturated heterocycles. The van der Waals surface area contributed by atoms with Gasteiger partial charge in [0.15, 0.2) is 11.8 Å². The second-order valence-electron chi connectivity index (χ2n) is 4.67. The Kier molecular flexibility index (Phi) is 6.92. The van der Waals surface area contributed by atoms with Crippen LogP contribution in [-0.2, 0) is 23.9 Å². The van der Waals surface area contributed by atoms with E-state index in [0.717, 1.165) is 17.8 Å². The molecule has 1 fully saturated rings. The largest absolute Gasteiger partial charge is 0.482 e. The highest BCUT2D eigenvalue weighted by Gasteiger charge is 2.24. The van der Waals surface area contributed by atoms with E-state index in [1.165, 1.54) is 20.4 Å². The fourth-order valence-electron chi connectivity index (χ4n) is 1.67. The molecule has 10 heteroatoms. The van der Waals surface area contributed by atoms with Gasteiger partial charge in [-0.1, -0.05) is 12.1 Å². The summed E-state index contributed by atoms with van der Waals surface area (Å²) in [6.45, 7) is -0.197. The predicted octanol–water partition coefficient (Wildman–Crippen LogP) is 0.848. The molecule has 0 spiro atoms. The van der Waals surface area contributed by atoms with Gasteiger partial charge in [0.1, 0.15) is 5.75 Å². The van der Waals surface area contributed by atoms with Gasteiger partial charge in [-0.3, -0.25) is 10.1 Å². The molecule has 9 nitrogen and oxygen atoms in total. The molecule has 0 aliphatic carbocycles. The maximum Gasteiger partial charge on any atom is 0.343 e. The molecule has 1 heterocycles. The fourth-order valence-corrected chi connectivity index (χ4v) is 2.41. The third-order valence-corrected chi connectivity index (χ3v) is 3.80. The number of methoxy groups -OCH3 is 2. The highest BCUT2D eigenvalue weighted by atomic mass is 32.2. The SMILES string of the molecule is COC(=O)/C=C1/S/C(=N\N=Cc2cccc(OCC(=O)OC)c2)NC1=O. The van der Waals surface area contributed by atoms with E-state index in [1.807, 2.05) is 0 Å². The van der Waals surface area contributed by atoms with Crippen LogP contribution in [0.25, 0.3) is 0 Å². The number of nitrogens with one attached hydrogen (secondary N) is 1. The Morgan fingerprint density at radius 3 is 2.81 bits per heavy atom. The molecule has 26 heavy (non-hydrogen) atoms. The lowest BCUT2D eigenvalue weighted by atomic mass is 10.2. The van der Waals surface area contributed by atoms with Crippen molar-refractivity contribution in [3.63, 3.8) is 0 Å². The summed E-state index contributed by atoms with van der Waals surface area (Å²) in [5.74, 6) is -1.09. The molecular formula is C16H15N3O6S. The number of nitrogens with zero attached hydrogens (tertiary/aromatic N) is 2. The van der Waals surface area contributed by atoms with Crippen LogP contribution in [0.2, 0.25) is 0 Å². The topological polar surface area (TPSA) is 116 Å². The monoisotopic (exact) mass is 377 g/mol. The maximum absolute atomic E-state index is 11.7. The van der Waals surface area contributed by atoms with Gasteiger partial charge in [0.05, 0.1) is 25.3 Å². The average Bonchev–Trinajstić information content (AvgIpc) is 2.99. The van der Waals surface area contributed by atoms with Gasteiger partial charge < -0.3 is 14.2 Å². The van der Waals surface area contributed by atoms with Crippen molar-refractivity contribution < 1.29 is 28.6 Å². The van der Waals surface area contributed by atoms with Crippen molar-refractivity contribution in [2.45, 2.75) is 0 Å². The lowest BCUT2D eigenvalue weighted by Gasteiger charge is -2.04. The van der Waals surface area contributed by atoms with Crippen molar-refractivity contribution in [1.29, 1.82) is 0 Å². The molecule has 1 amide bonds. The van der Waals surface area contributed by atoms with Gasteiger partial charge in [-0.25, -0.2) is 9.59 Å². The van der Waals surface area contributed by atoms with Gasteiger partial charge in [-0.05, 0) is 29.5 Å². The molecule has 0 saturated carbocycles. The number of hydrogen-bond acceptors (Lipinski definition) is 9. The van der Waals surface area contributed by atoms with Crippen LogP contribution in [-0.4, -0.2) is 50.1 Å². The number of ether oxygens (including phenoxy) is 3. The van der Waals surface area contributed by atoms with E-state index >= 15 is 0 Å². The minimum atomic E-state index is -0.629. The molecule has 0 atom stereocenters. The minimum absolute atomic E-state index is 0.170. The number of esters is 2. The first-order chi connectivity index (χ1) is 12.5. The Hall–Kier alpha value is -3.14. The molecule has 0 unspecified atom stereocenters. The van der Waals surface area contributed by atoms with Crippen LogP contribution in [0, 0.1) is 0 Å². The minimum Gasteiger partial charge on any atom is -0.482 e. The summed E-state index contributed by atoms with van der Waals surface area (Å²) in [7, 11) is 2.50. The van der Waals surface area contributed by atoms with Crippen LogP contribution in [0.5, 0.6) is 5.75 Å². The van der Waals surface area contributed by atoms with Crippen LogP contribution < -0.4 is 10.1 Å². The first kappa shape index (κ1) is 19.2. The number of rotatable bonds is 6. The van der Waals surface area contributed by atoms with E-state index in [9.17, 15) is 14.4 Å². The smallest absolute Gasteiger partial charge is 0.343 e. The Morgan fingerprint density at radius 2 is 2.08 bits per heavy atom. The van der Waals surface area contributed by atoms with E-state index < -0.39 is 17.8 Å². The Balaban J connectivity index is 1.99. The highest BCUT2D eigenvalue weighted by molar-refractivity contribution is 8.18. The molecule has 0 radical (unpaired) electrons. The number of amidine groups is 1. The van der Waals surface area contributed by atoms with E-state index in [-0.39, 0.29) is 16.7 Å². The van der Waals surface area contributed by atoms with Gasteiger partial charge in [0.25, 0.3) is 5.91 Å². The second-order valence-corrected chi connectivity index (χ2v) is 5.71. The van der Waals surface area contributed by atoms with E-state index in [1.54, 1.807) is 24.3 Å². The second kappa shape index (κ2) is 9.37. The van der Waals surface area contributed by atoms with Crippen LogP contribution in [0.1, 0.15) is 5.56 Å².